The molecule has 1 fully saturated rings. The highest BCUT2D eigenvalue weighted by Gasteiger charge is 2.35. The van der Waals surface area contributed by atoms with Crippen LogP contribution in [0.25, 0.3) is 5.69 Å². The van der Waals surface area contributed by atoms with Gasteiger partial charge >= 0.3 is 6.18 Å². The molecular formula is C15H12BrF5N2O. The Morgan fingerprint density at radius 1 is 1.21 bits per heavy atom. The summed E-state index contributed by atoms with van der Waals surface area (Å²) in [4.78, 5) is 12.5. The monoisotopic (exact) mass is 410 g/mol. The Morgan fingerprint density at radius 2 is 1.88 bits per heavy atom. The number of halogens is 6. The lowest BCUT2D eigenvalue weighted by atomic mass is 10.3. The fourth-order valence-electron chi connectivity index (χ4n) is 2.63. The number of alkyl halides is 3. The van der Waals surface area contributed by atoms with Crippen molar-refractivity contribution in [2.75, 3.05) is 0 Å². The molecule has 1 aromatic heterocycles. The second kappa shape index (κ2) is 6.02. The lowest BCUT2D eigenvalue weighted by Gasteiger charge is -2.16. The summed E-state index contributed by atoms with van der Waals surface area (Å²) >= 11 is 3.12. The van der Waals surface area contributed by atoms with Gasteiger partial charge in [0.05, 0.1) is 12.1 Å². The second-order valence-corrected chi connectivity index (χ2v) is 6.47. The quantitative estimate of drug-likeness (QED) is 0.681. The SMILES string of the molecule is O=c1c(Br)c(C2CC2)n(CCC(F)(F)F)n1-c1ccc(F)cc1F. The average Bonchev–Trinajstić information content (AvgIpc) is 3.26. The summed E-state index contributed by atoms with van der Waals surface area (Å²) in [5.74, 6) is -1.89. The van der Waals surface area contributed by atoms with E-state index in [4.69, 9.17) is 0 Å². The molecule has 0 saturated heterocycles. The third-order valence-corrected chi connectivity index (χ3v) is 4.58. The molecule has 1 saturated carbocycles. The molecular weight excluding hydrogens is 399 g/mol. The molecule has 130 valence electrons. The van der Waals surface area contributed by atoms with Gasteiger partial charge in [0.1, 0.15) is 16.0 Å². The zero-order valence-corrected chi connectivity index (χ0v) is 13.8. The molecule has 0 radical (unpaired) electrons. The smallest absolute Gasteiger partial charge is 0.280 e. The van der Waals surface area contributed by atoms with Crippen LogP contribution in [0, 0.1) is 11.6 Å². The molecule has 1 heterocycles. The van der Waals surface area contributed by atoms with Crippen LogP contribution in [0.1, 0.15) is 30.9 Å². The van der Waals surface area contributed by atoms with Crippen LogP contribution in [0.3, 0.4) is 0 Å². The van der Waals surface area contributed by atoms with E-state index in [9.17, 15) is 26.7 Å². The topological polar surface area (TPSA) is 26.9 Å². The van der Waals surface area contributed by atoms with Gasteiger partial charge in [0.25, 0.3) is 5.56 Å². The molecule has 0 N–H and O–H groups in total. The number of hydrogen-bond acceptors (Lipinski definition) is 1. The van der Waals surface area contributed by atoms with Crippen LogP contribution in [0.2, 0.25) is 0 Å². The van der Waals surface area contributed by atoms with Gasteiger partial charge in [-0.3, -0.25) is 9.48 Å². The average molecular weight is 411 g/mol. The summed E-state index contributed by atoms with van der Waals surface area (Å²) in [6.07, 6.45) is -4.07. The van der Waals surface area contributed by atoms with Crippen LogP contribution in [0.4, 0.5) is 22.0 Å². The van der Waals surface area contributed by atoms with E-state index in [1.807, 2.05) is 0 Å². The Morgan fingerprint density at radius 3 is 2.42 bits per heavy atom. The Hall–Kier alpha value is -1.64. The van der Waals surface area contributed by atoms with E-state index in [1.165, 1.54) is 0 Å². The van der Waals surface area contributed by atoms with Gasteiger partial charge in [-0.15, -0.1) is 0 Å². The van der Waals surface area contributed by atoms with Crippen LogP contribution in [0.5, 0.6) is 0 Å². The van der Waals surface area contributed by atoms with Gasteiger partial charge in [-0.1, -0.05) is 0 Å². The van der Waals surface area contributed by atoms with Crippen molar-refractivity contribution in [3.05, 3.63) is 50.4 Å². The maximum absolute atomic E-state index is 14.1. The summed E-state index contributed by atoms with van der Waals surface area (Å²) in [5, 5.41) is 0. The van der Waals surface area contributed by atoms with E-state index in [0.29, 0.717) is 11.8 Å². The van der Waals surface area contributed by atoms with Crippen LogP contribution < -0.4 is 5.56 Å². The van der Waals surface area contributed by atoms with Crippen molar-refractivity contribution >= 4 is 15.9 Å². The molecule has 0 atom stereocenters. The maximum Gasteiger partial charge on any atom is 0.390 e. The Balaban J connectivity index is 2.17. The number of rotatable bonds is 4. The molecule has 0 aliphatic heterocycles. The maximum atomic E-state index is 14.1. The number of hydrogen-bond donors (Lipinski definition) is 0. The molecule has 0 unspecified atom stereocenters. The first-order valence-corrected chi connectivity index (χ1v) is 8.01. The molecule has 0 bridgehead atoms. The molecule has 1 aliphatic carbocycles. The van der Waals surface area contributed by atoms with Crippen LogP contribution in [-0.4, -0.2) is 15.5 Å². The molecule has 2 aromatic rings. The summed E-state index contributed by atoms with van der Waals surface area (Å²) in [7, 11) is 0. The van der Waals surface area contributed by atoms with Crippen molar-refractivity contribution in [2.45, 2.75) is 37.9 Å². The minimum atomic E-state index is -4.42. The molecule has 24 heavy (non-hydrogen) atoms. The van der Waals surface area contributed by atoms with Gasteiger partial charge < -0.3 is 0 Å². The lowest BCUT2D eigenvalue weighted by Crippen LogP contribution is -2.25. The predicted octanol–water partition coefficient (Wildman–Crippen LogP) is 4.51. The Bertz CT molecular complexity index is 836. The summed E-state index contributed by atoms with van der Waals surface area (Å²) in [6.45, 7) is -0.521. The third kappa shape index (κ3) is 3.26. The number of benzene rings is 1. The van der Waals surface area contributed by atoms with Gasteiger partial charge in [-0.2, -0.15) is 13.2 Å². The van der Waals surface area contributed by atoms with E-state index in [0.717, 1.165) is 34.3 Å². The van der Waals surface area contributed by atoms with Crippen LogP contribution in [0.15, 0.2) is 27.5 Å². The van der Waals surface area contributed by atoms with Crippen molar-refractivity contribution in [3.8, 4) is 5.69 Å². The van der Waals surface area contributed by atoms with Gasteiger partial charge in [0.15, 0.2) is 5.82 Å². The van der Waals surface area contributed by atoms with Crippen molar-refractivity contribution in [3.63, 3.8) is 0 Å². The lowest BCUT2D eigenvalue weighted by molar-refractivity contribution is -0.137. The summed E-state index contributed by atoms with van der Waals surface area (Å²) in [6, 6.07) is 2.59. The molecule has 9 heteroatoms. The fraction of sp³-hybridized carbons (Fsp3) is 0.400. The van der Waals surface area contributed by atoms with Crippen molar-refractivity contribution in [1.29, 1.82) is 0 Å². The van der Waals surface area contributed by atoms with E-state index in [2.05, 4.69) is 15.9 Å². The van der Waals surface area contributed by atoms with Gasteiger partial charge in [0.2, 0.25) is 0 Å². The highest BCUT2D eigenvalue weighted by atomic mass is 79.9. The first-order valence-electron chi connectivity index (χ1n) is 7.22. The zero-order chi connectivity index (χ0) is 17.6. The molecule has 3 rings (SSSR count). The van der Waals surface area contributed by atoms with Crippen molar-refractivity contribution < 1.29 is 22.0 Å². The van der Waals surface area contributed by atoms with Crippen LogP contribution in [-0.2, 0) is 6.54 Å². The van der Waals surface area contributed by atoms with Gasteiger partial charge in [0, 0.05) is 18.5 Å². The normalized spacial score (nSPS) is 15.1. The van der Waals surface area contributed by atoms with Gasteiger partial charge in [-0.05, 0) is 40.9 Å². The number of nitrogens with zero attached hydrogens (tertiary/aromatic N) is 2. The molecule has 3 nitrogen and oxygen atoms in total. The fourth-order valence-corrected chi connectivity index (χ4v) is 3.32. The standard InChI is InChI=1S/C15H12BrF5N2O/c16-12-13(8-1-2-8)22(6-5-15(19,20)21)23(14(12)24)11-4-3-9(17)7-10(11)18/h3-4,7-8H,1-2,5-6H2. The first-order chi connectivity index (χ1) is 11.2. The second-order valence-electron chi connectivity index (χ2n) is 5.67. The molecule has 1 aliphatic rings. The minimum absolute atomic E-state index is 0.0370. The predicted molar refractivity (Wildman–Crippen MR) is 80.3 cm³/mol. The first kappa shape index (κ1) is 17.2. The van der Waals surface area contributed by atoms with E-state index < -0.39 is 36.3 Å². The minimum Gasteiger partial charge on any atom is -0.280 e. The van der Waals surface area contributed by atoms with Gasteiger partial charge in [-0.25, -0.2) is 13.5 Å². The Kier molecular flexibility index (Phi) is 4.31. The van der Waals surface area contributed by atoms with E-state index >= 15 is 0 Å². The zero-order valence-electron chi connectivity index (χ0n) is 12.2. The summed E-state index contributed by atoms with van der Waals surface area (Å²) < 4.78 is 67.2. The Labute approximate surface area is 141 Å². The van der Waals surface area contributed by atoms with Crippen molar-refractivity contribution in [2.24, 2.45) is 0 Å². The van der Waals surface area contributed by atoms with Crippen LogP contribution >= 0.6 is 15.9 Å². The largest absolute Gasteiger partial charge is 0.390 e. The highest BCUT2D eigenvalue weighted by molar-refractivity contribution is 9.10. The molecule has 0 amide bonds. The molecule has 1 aromatic carbocycles. The highest BCUT2D eigenvalue weighted by Crippen LogP contribution is 2.43. The summed E-state index contributed by atoms with van der Waals surface area (Å²) in [5.41, 5.74) is -0.520. The molecule has 0 spiro atoms. The van der Waals surface area contributed by atoms with E-state index in [-0.39, 0.29) is 16.1 Å². The van der Waals surface area contributed by atoms with Crippen molar-refractivity contribution in [1.82, 2.24) is 9.36 Å². The number of aromatic nitrogens is 2. The van der Waals surface area contributed by atoms with E-state index in [1.54, 1.807) is 0 Å². The third-order valence-electron chi connectivity index (χ3n) is 3.83.